The largest absolute Gasteiger partial charge is 0.493 e. The molecule has 1 saturated carbocycles. The van der Waals surface area contributed by atoms with Gasteiger partial charge in [0.15, 0.2) is 11.5 Å². The van der Waals surface area contributed by atoms with E-state index in [1.54, 1.807) is 69.4 Å². The second-order valence-corrected chi connectivity index (χ2v) is 13.1. The number of carbonyl (C=O) groups is 3. The number of nitrogens with one attached hydrogen (secondary N) is 3. The number of hydrogen-bond acceptors (Lipinski definition) is 9. The molecule has 1 unspecified atom stereocenters. The van der Waals surface area contributed by atoms with Gasteiger partial charge in [0.05, 0.1) is 19.2 Å². The summed E-state index contributed by atoms with van der Waals surface area (Å²) in [5.41, 5.74) is 2.26. The molecule has 3 aromatic carbocycles. The van der Waals surface area contributed by atoms with E-state index in [9.17, 15) is 14.4 Å². The summed E-state index contributed by atoms with van der Waals surface area (Å²) in [6, 6.07) is 18.5. The van der Waals surface area contributed by atoms with Gasteiger partial charge in [0.1, 0.15) is 29.2 Å². The van der Waals surface area contributed by atoms with Crippen LogP contribution in [0.1, 0.15) is 58.4 Å². The van der Waals surface area contributed by atoms with Gasteiger partial charge in [-0.3, -0.25) is 4.98 Å². The molecule has 5 rings (SSSR count). The van der Waals surface area contributed by atoms with Crippen LogP contribution < -0.4 is 30.2 Å². The molecule has 3 amide bonds. The van der Waals surface area contributed by atoms with Gasteiger partial charge in [0.25, 0.3) is 0 Å². The van der Waals surface area contributed by atoms with E-state index >= 15 is 0 Å². The van der Waals surface area contributed by atoms with E-state index in [2.05, 4.69) is 20.9 Å². The first-order valence-electron chi connectivity index (χ1n) is 16.7. The average Bonchev–Trinajstić information content (AvgIpc) is 3.58. The van der Waals surface area contributed by atoms with Gasteiger partial charge in [-0.2, -0.15) is 0 Å². The molecule has 0 radical (unpaired) electrons. The SMILES string of the molecule is COc1cc2c(Oc3ccc(NC(=O)Nc4ccc(C)cc4)cc3)ccnc2cc1OCCC(NC(=O)OC(C)(C)C)C(=O)OC1CCCC1. The molecule has 1 heterocycles. The van der Waals surface area contributed by atoms with Gasteiger partial charge in [-0.15, -0.1) is 0 Å². The highest BCUT2D eigenvalue weighted by atomic mass is 16.6. The smallest absolute Gasteiger partial charge is 0.408 e. The zero-order valence-corrected chi connectivity index (χ0v) is 29.0. The van der Waals surface area contributed by atoms with Crippen LogP contribution in [0.3, 0.4) is 0 Å². The van der Waals surface area contributed by atoms with Crippen LogP contribution >= 0.6 is 0 Å². The second kappa shape index (κ2) is 16.3. The third kappa shape index (κ3) is 10.2. The summed E-state index contributed by atoms with van der Waals surface area (Å²) in [6.07, 6.45) is 4.54. The molecule has 12 nitrogen and oxygen atoms in total. The third-order valence-corrected chi connectivity index (χ3v) is 7.86. The van der Waals surface area contributed by atoms with Gasteiger partial charge in [-0.05, 0) is 102 Å². The highest BCUT2D eigenvalue weighted by Gasteiger charge is 2.29. The number of ether oxygens (including phenoxy) is 5. The Balaban J connectivity index is 1.23. The molecule has 50 heavy (non-hydrogen) atoms. The molecular formula is C38H44N4O8. The second-order valence-electron chi connectivity index (χ2n) is 13.1. The van der Waals surface area contributed by atoms with Gasteiger partial charge in [-0.25, -0.2) is 14.4 Å². The number of amides is 3. The maximum absolute atomic E-state index is 13.1. The number of methoxy groups -OCH3 is 1. The van der Waals surface area contributed by atoms with Crippen molar-refractivity contribution in [1.82, 2.24) is 10.3 Å². The zero-order valence-electron chi connectivity index (χ0n) is 29.0. The van der Waals surface area contributed by atoms with Crippen molar-refractivity contribution in [2.24, 2.45) is 0 Å². The van der Waals surface area contributed by atoms with Gasteiger partial charge in [0.2, 0.25) is 0 Å². The van der Waals surface area contributed by atoms with E-state index in [1.807, 2.05) is 31.2 Å². The van der Waals surface area contributed by atoms with Crippen LogP contribution in [-0.4, -0.2) is 54.5 Å². The Morgan fingerprint density at radius 3 is 2.18 bits per heavy atom. The molecule has 12 heteroatoms. The molecule has 0 bridgehead atoms. The molecule has 1 aromatic heterocycles. The minimum atomic E-state index is -0.959. The third-order valence-electron chi connectivity index (χ3n) is 7.86. The summed E-state index contributed by atoms with van der Waals surface area (Å²) >= 11 is 0. The van der Waals surface area contributed by atoms with E-state index in [4.69, 9.17) is 23.7 Å². The van der Waals surface area contributed by atoms with Gasteiger partial charge >= 0.3 is 18.1 Å². The van der Waals surface area contributed by atoms with Crippen molar-refractivity contribution in [3.05, 3.63) is 78.5 Å². The number of benzene rings is 3. The van der Waals surface area contributed by atoms with Crippen molar-refractivity contribution >= 4 is 40.4 Å². The number of carbonyl (C=O) groups excluding carboxylic acids is 3. The molecule has 0 spiro atoms. The minimum absolute atomic E-state index is 0.0711. The lowest BCUT2D eigenvalue weighted by Gasteiger charge is -2.24. The monoisotopic (exact) mass is 684 g/mol. The standard InChI is InChI=1S/C38H44N4O8/c1-24-10-12-25(13-11-24)40-36(44)41-26-14-16-28(17-15-26)48-32-18-20-39-31-23-34(33(46-5)22-29(31)32)47-21-19-30(42-37(45)50-38(2,3)4)35(43)49-27-8-6-7-9-27/h10-18,20,22-23,27,30H,6-9,19,21H2,1-5H3,(H,42,45)(H2,40,41,44). The van der Waals surface area contributed by atoms with Crippen LogP contribution in [-0.2, 0) is 14.3 Å². The van der Waals surface area contributed by atoms with E-state index in [0.29, 0.717) is 45.3 Å². The summed E-state index contributed by atoms with van der Waals surface area (Å²) in [6.45, 7) is 7.31. The first-order valence-corrected chi connectivity index (χ1v) is 16.7. The summed E-state index contributed by atoms with van der Waals surface area (Å²) < 4.78 is 29.0. The van der Waals surface area contributed by atoms with Crippen molar-refractivity contribution in [3.8, 4) is 23.0 Å². The Kier molecular flexibility index (Phi) is 11.6. The van der Waals surface area contributed by atoms with Crippen LogP contribution in [0.5, 0.6) is 23.0 Å². The summed E-state index contributed by atoms with van der Waals surface area (Å²) in [5.74, 6) is 1.40. The molecule has 0 saturated heterocycles. The molecule has 0 aliphatic heterocycles. The van der Waals surface area contributed by atoms with Crippen molar-refractivity contribution in [1.29, 1.82) is 0 Å². The lowest BCUT2D eigenvalue weighted by atomic mass is 10.1. The number of alkyl carbamates (subject to hydrolysis) is 1. The van der Waals surface area contributed by atoms with Crippen molar-refractivity contribution in [3.63, 3.8) is 0 Å². The minimum Gasteiger partial charge on any atom is -0.493 e. The normalized spacial score (nSPS) is 13.6. The van der Waals surface area contributed by atoms with Crippen LogP contribution in [0, 0.1) is 6.92 Å². The molecule has 1 aliphatic carbocycles. The predicted octanol–water partition coefficient (Wildman–Crippen LogP) is 8.14. The first-order chi connectivity index (χ1) is 24.0. The number of hydrogen-bond donors (Lipinski definition) is 3. The molecule has 1 atom stereocenters. The lowest BCUT2D eigenvalue weighted by molar-refractivity contribution is -0.151. The maximum atomic E-state index is 13.1. The summed E-state index contributed by atoms with van der Waals surface area (Å²) in [4.78, 5) is 42.5. The van der Waals surface area contributed by atoms with Crippen LogP contribution in [0.25, 0.3) is 10.9 Å². The molecular weight excluding hydrogens is 640 g/mol. The highest BCUT2D eigenvalue weighted by Crippen LogP contribution is 2.37. The number of rotatable bonds is 12. The van der Waals surface area contributed by atoms with E-state index in [-0.39, 0.29) is 25.2 Å². The zero-order chi connectivity index (χ0) is 35.7. The molecule has 1 aliphatic rings. The number of aromatic nitrogens is 1. The van der Waals surface area contributed by atoms with Gasteiger partial charge in [0, 0.05) is 35.4 Å². The molecule has 264 valence electrons. The molecule has 3 N–H and O–H groups in total. The summed E-state index contributed by atoms with van der Waals surface area (Å²) in [5, 5.41) is 8.95. The number of aryl methyl sites for hydroxylation is 1. The number of esters is 1. The van der Waals surface area contributed by atoms with Crippen LogP contribution in [0.2, 0.25) is 0 Å². The first kappa shape index (κ1) is 35.8. The van der Waals surface area contributed by atoms with Gasteiger partial charge < -0.3 is 39.6 Å². The number of fused-ring (bicyclic) bond motifs is 1. The number of anilines is 2. The Bertz CT molecular complexity index is 1780. The Morgan fingerprint density at radius 2 is 1.54 bits per heavy atom. The quantitative estimate of drug-likeness (QED) is 0.126. The summed E-state index contributed by atoms with van der Waals surface area (Å²) in [7, 11) is 1.53. The predicted molar refractivity (Wildman–Crippen MR) is 190 cm³/mol. The topological polar surface area (TPSA) is 146 Å². The lowest BCUT2D eigenvalue weighted by Crippen LogP contribution is -2.45. The fraction of sp³-hybridized carbons (Fsp3) is 0.368. The Morgan fingerprint density at radius 1 is 0.880 bits per heavy atom. The number of pyridine rings is 1. The number of nitrogens with zero attached hydrogens (tertiary/aromatic N) is 1. The molecule has 4 aromatic rings. The highest BCUT2D eigenvalue weighted by molar-refractivity contribution is 5.99. The van der Waals surface area contributed by atoms with E-state index in [0.717, 1.165) is 31.2 Å². The number of urea groups is 1. The maximum Gasteiger partial charge on any atom is 0.408 e. The Hall–Kier alpha value is -5.52. The fourth-order valence-corrected chi connectivity index (χ4v) is 5.39. The van der Waals surface area contributed by atoms with Crippen molar-refractivity contribution in [2.75, 3.05) is 24.4 Å². The van der Waals surface area contributed by atoms with Crippen molar-refractivity contribution < 1.29 is 38.1 Å². The van der Waals surface area contributed by atoms with E-state index in [1.165, 1.54) is 7.11 Å². The average molecular weight is 685 g/mol. The molecule has 1 fully saturated rings. The van der Waals surface area contributed by atoms with Gasteiger partial charge in [-0.1, -0.05) is 17.7 Å². The Labute approximate surface area is 291 Å². The van der Waals surface area contributed by atoms with Crippen LogP contribution in [0.4, 0.5) is 21.0 Å². The van der Waals surface area contributed by atoms with Crippen LogP contribution in [0.15, 0.2) is 72.9 Å². The van der Waals surface area contributed by atoms with E-state index < -0.39 is 23.7 Å². The fourth-order valence-electron chi connectivity index (χ4n) is 5.39. The van der Waals surface area contributed by atoms with Crippen molar-refractivity contribution in [2.45, 2.75) is 77.5 Å².